The van der Waals surface area contributed by atoms with Crippen LogP contribution in [0.15, 0.2) is 12.4 Å². The van der Waals surface area contributed by atoms with Crippen molar-refractivity contribution in [3.63, 3.8) is 0 Å². The fraction of sp³-hybridized carbons (Fsp3) is 0.647. The van der Waals surface area contributed by atoms with E-state index >= 15 is 0 Å². The van der Waals surface area contributed by atoms with Gasteiger partial charge in [-0.2, -0.15) is 10.4 Å². The molecule has 132 valence electrons. The monoisotopic (exact) mass is 343 g/mol. The fourth-order valence-electron chi connectivity index (χ4n) is 3.90. The molecule has 3 aliphatic rings. The quantitative estimate of drug-likeness (QED) is 0.780. The minimum Gasteiger partial charge on any atom is -0.381 e. The van der Waals surface area contributed by atoms with Gasteiger partial charge in [0.2, 0.25) is 11.8 Å². The van der Waals surface area contributed by atoms with Gasteiger partial charge in [0.15, 0.2) is 0 Å². The van der Waals surface area contributed by atoms with E-state index in [1.54, 1.807) is 15.8 Å². The molecule has 3 aliphatic heterocycles. The summed E-state index contributed by atoms with van der Waals surface area (Å²) in [4.78, 5) is 28.7. The standard InChI is InChI=1S/C17H21N5O3/c18-6-12-7-19-22(8-12)15-10-20(11-15)17(24)13-5-16(23)21(9-13)14-1-3-25-4-2-14/h7-8,13-15H,1-5,9-11H2. The van der Waals surface area contributed by atoms with E-state index in [-0.39, 0.29) is 29.8 Å². The summed E-state index contributed by atoms with van der Waals surface area (Å²) in [5.41, 5.74) is 0.526. The minimum atomic E-state index is -0.233. The maximum atomic E-state index is 12.7. The van der Waals surface area contributed by atoms with Crippen LogP contribution in [0.2, 0.25) is 0 Å². The van der Waals surface area contributed by atoms with Crippen LogP contribution in [0.3, 0.4) is 0 Å². The van der Waals surface area contributed by atoms with Gasteiger partial charge in [-0.1, -0.05) is 0 Å². The second-order valence-electron chi connectivity index (χ2n) is 7.01. The third-order valence-corrected chi connectivity index (χ3v) is 5.42. The Morgan fingerprint density at radius 3 is 2.68 bits per heavy atom. The van der Waals surface area contributed by atoms with Gasteiger partial charge in [0.1, 0.15) is 6.07 Å². The molecule has 8 heteroatoms. The van der Waals surface area contributed by atoms with Crippen LogP contribution in [0.5, 0.6) is 0 Å². The molecule has 1 atom stereocenters. The SMILES string of the molecule is N#Cc1cnn(C2CN(C(=O)C3CC(=O)N(C4CCOCC4)C3)C2)c1. The Kier molecular flexibility index (Phi) is 4.17. The molecule has 0 N–H and O–H groups in total. The molecule has 4 rings (SSSR count). The van der Waals surface area contributed by atoms with Gasteiger partial charge in [0.05, 0.1) is 23.7 Å². The molecule has 2 amide bonds. The highest BCUT2D eigenvalue weighted by atomic mass is 16.5. The molecule has 0 saturated carbocycles. The Labute approximate surface area is 145 Å². The lowest BCUT2D eigenvalue weighted by Crippen LogP contribution is -2.53. The van der Waals surface area contributed by atoms with Gasteiger partial charge in [-0.3, -0.25) is 14.3 Å². The second-order valence-corrected chi connectivity index (χ2v) is 7.01. The first kappa shape index (κ1) is 16.1. The Morgan fingerprint density at radius 2 is 2.00 bits per heavy atom. The van der Waals surface area contributed by atoms with Crippen LogP contribution >= 0.6 is 0 Å². The van der Waals surface area contributed by atoms with E-state index in [2.05, 4.69) is 11.2 Å². The van der Waals surface area contributed by atoms with E-state index < -0.39 is 0 Å². The van der Waals surface area contributed by atoms with E-state index in [9.17, 15) is 9.59 Å². The number of carbonyl (C=O) groups excluding carboxylic acids is 2. The molecule has 1 aromatic heterocycles. The lowest BCUT2D eigenvalue weighted by Gasteiger charge is -2.40. The lowest BCUT2D eigenvalue weighted by molar-refractivity contribution is -0.141. The van der Waals surface area contributed by atoms with Crippen molar-refractivity contribution >= 4 is 11.8 Å². The smallest absolute Gasteiger partial charge is 0.228 e. The topological polar surface area (TPSA) is 91.5 Å². The van der Waals surface area contributed by atoms with Crippen molar-refractivity contribution in [2.75, 3.05) is 32.8 Å². The summed E-state index contributed by atoms with van der Waals surface area (Å²) >= 11 is 0. The van der Waals surface area contributed by atoms with Crippen molar-refractivity contribution in [2.24, 2.45) is 5.92 Å². The van der Waals surface area contributed by atoms with E-state index in [1.165, 1.54) is 6.20 Å². The molecular formula is C17H21N5O3. The van der Waals surface area contributed by atoms with Crippen molar-refractivity contribution in [3.05, 3.63) is 18.0 Å². The van der Waals surface area contributed by atoms with Crippen molar-refractivity contribution < 1.29 is 14.3 Å². The molecule has 4 heterocycles. The van der Waals surface area contributed by atoms with Crippen molar-refractivity contribution in [3.8, 4) is 6.07 Å². The van der Waals surface area contributed by atoms with E-state index in [1.807, 2.05) is 4.90 Å². The first-order valence-electron chi connectivity index (χ1n) is 8.76. The summed E-state index contributed by atoms with van der Waals surface area (Å²) in [6.45, 7) is 3.09. The highest BCUT2D eigenvalue weighted by Gasteiger charge is 2.42. The number of hydrogen-bond donors (Lipinski definition) is 0. The van der Waals surface area contributed by atoms with Crippen LogP contribution in [-0.4, -0.2) is 70.3 Å². The predicted octanol–water partition coefficient (Wildman–Crippen LogP) is 0.166. The molecule has 0 bridgehead atoms. The molecule has 0 aromatic carbocycles. The molecule has 25 heavy (non-hydrogen) atoms. The van der Waals surface area contributed by atoms with Gasteiger partial charge in [0, 0.05) is 51.5 Å². The molecule has 0 radical (unpaired) electrons. The van der Waals surface area contributed by atoms with Gasteiger partial charge < -0.3 is 14.5 Å². The maximum absolute atomic E-state index is 12.7. The summed E-state index contributed by atoms with van der Waals surface area (Å²) in [5, 5.41) is 13.0. The molecule has 1 aromatic rings. The molecular weight excluding hydrogens is 322 g/mol. The molecule has 0 aliphatic carbocycles. The summed E-state index contributed by atoms with van der Waals surface area (Å²) in [7, 11) is 0. The first-order chi connectivity index (χ1) is 12.2. The van der Waals surface area contributed by atoms with Crippen molar-refractivity contribution in [2.45, 2.75) is 31.3 Å². The maximum Gasteiger partial charge on any atom is 0.228 e. The molecule has 8 nitrogen and oxygen atoms in total. The van der Waals surface area contributed by atoms with E-state index in [4.69, 9.17) is 10.00 Å². The van der Waals surface area contributed by atoms with Crippen LogP contribution in [0.4, 0.5) is 0 Å². The highest BCUT2D eigenvalue weighted by molar-refractivity contribution is 5.89. The van der Waals surface area contributed by atoms with E-state index in [0.717, 1.165) is 12.8 Å². The Morgan fingerprint density at radius 1 is 1.24 bits per heavy atom. The number of nitriles is 1. The average molecular weight is 343 g/mol. The number of hydrogen-bond acceptors (Lipinski definition) is 5. The zero-order valence-corrected chi connectivity index (χ0v) is 14.0. The first-order valence-corrected chi connectivity index (χ1v) is 8.76. The third-order valence-electron chi connectivity index (χ3n) is 5.42. The van der Waals surface area contributed by atoms with Crippen LogP contribution in [0.1, 0.15) is 30.9 Å². The molecule has 3 saturated heterocycles. The molecule has 3 fully saturated rings. The van der Waals surface area contributed by atoms with Crippen molar-refractivity contribution in [1.82, 2.24) is 19.6 Å². The zero-order chi connectivity index (χ0) is 17.4. The second kappa shape index (κ2) is 6.48. The number of aromatic nitrogens is 2. The summed E-state index contributed by atoms with van der Waals surface area (Å²) in [5.74, 6) is -0.0801. The highest BCUT2D eigenvalue weighted by Crippen LogP contribution is 2.29. The lowest BCUT2D eigenvalue weighted by atomic mass is 10.0. The van der Waals surface area contributed by atoms with E-state index in [0.29, 0.717) is 44.8 Å². The number of carbonyl (C=O) groups is 2. The van der Waals surface area contributed by atoms with Crippen LogP contribution in [-0.2, 0) is 14.3 Å². The Bertz CT molecular complexity index is 712. The Balaban J connectivity index is 1.32. The normalized spacial score (nSPS) is 25.1. The number of amides is 2. The van der Waals surface area contributed by atoms with Gasteiger partial charge in [0.25, 0.3) is 0 Å². The third kappa shape index (κ3) is 3.00. The van der Waals surface area contributed by atoms with Crippen molar-refractivity contribution in [1.29, 1.82) is 5.26 Å². The van der Waals surface area contributed by atoms with Crippen LogP contribution in [0, 0.1) is 17.2 Å². The Hall–Kier alpha value is -2.40. The average Bonchev–Trinajstić information content (AvgIpc) is 3.21. The van der Waals surface area contributed by atoms with Gasteiger partial charge >= 0.3 is 0 Å². The van der Waals surface area contributed by atoms with Crippen LogP contribution in [0.25, 0.3) is 0 Å². The van der Waals surface area contributed by atoms with Gasteiger partial charge in [-0.15, -0.1) is 0 Å². The van der Waals surface area contributed by atoms with Gasteiger partial charge in [-0.05, 0) is 12.8 Å². The minimum absolute atomic E-state index is 0.0619. The predicted molar refractivity (Wildman–Crippen MR) is 86.2 cm³/mol. The summed E-state index contributed by atoms with van der Waals surface area (Å²) < 4.78 is 7.10. The zero-order valence-electron chi connectivity index (χ0n) is 14.0. The summed E-state index contributed by atoms with van der Waals surface area (Å²) in [6.07, 6.45) is 5.28. The number of nitrogens with zero attached hydrogens (tertiary/aromatic N) is 5. The summed E-state index contributed by atoms with van der Waals surface area (Å²) in [6, 6.07) is 2.39. The fourth-order valence-corrected chi connectivity index (χ4v) is 3.90. The number of rotatable bonds is 3. The largest absolute Gasteiger partial charge is 0.381 e. The molecule has 0 spiro atoms. The molecule has 1 unspecified atom stereocenters. The number of ether oxygens (including phenoxy) is 1. The number of likely N-dealkylation sites (tertiary alicyclic amines) is 2. The van der Waals surface area contributed by atoms with Gasteiger partial charge in [-0.25, -0.2) is 0 Å². The van der Waals surface area contributed by atoms with Crippen LogP contribution < -0.4 is 0 Å².